The number of phenols is 1. The van der Waals surface area contributed by atoms with Gasteiger partial charge in [0.2, 0.25) is 0 Å². The summed E-state index contributed by atoms with van der Waals surface area (Å²) < 4.78 is 1.85. The average molecular weight is 278 g/mol. The highest BCUT2D eigenvalue weighted by molar-refractivity contribution is 6.31. The van der Waals surface area contributed by atoms with Crippen LogP contribution in [0.5, 0.6) is 5.75 Å². The van der Waals surface area contributed by atoms with Crippen molar-refractivity contribution >= 4 is 23.7 Å². The number of hydrogen-bond donors (Lipinski definition) is 2. The van der Waals surface area contributed by atoms with Gasteiger partial charge in [-0.25, -0.2) is 5.43 Å². The van der Waals surface area contributed by atoms with E-state index >= 15 is 0 Å². The van der Waals surface area contributed by atoms with Crippen molar-refractivity contribution in [2.75, 3.05) is 0 Å². The van der Waals surface area contributed by atoms with E-state index in [0.717, 1.165) is 5.69 Å². The van der Waals surface area contributed by atoms with Gasteiger partial charge in [0.25, 0.3) is 5.91 Å². The molecule has 0 bridgehead atoms. The fourth-order valence-corrected chi connectivity index (χ4v) is 1.69. The fraction of sp³-hybridized carbons (Fsp3) is 0.0769. The molecule has 0 saturated carbocycles. The Labute approximate surface area is 115 Å². The van der Waals surface area contributed by atoms with Gasteiger partial charge in [-0.15, -0.1) is 0 Å². The molecular weight excluding hydrogens is 266 g/mol. The van der Waals surface area contributed by atoms with E-state index in [1.165, 1.54) is 24.4 Å². The van der Waals surface area contributed by atoms with Crippen LogP contribution < -0.4 is 5.43 Å². The number of rotatable bonds is 3. The van der Waals surface area contributed by atoms with Crippen molar-refractivity contribution in [3.05, 3.63) is 52.8 Å². The minimum atomic E-state index is -0.523. The molecule has 0 radical (unpaired) electrons. The van der Waals surface area contributed by atoms with Crippen LogP contribution in [0.15, 0.2) is 41.6 Å². The van der Waals surface area contributed by atoms with Crippen LogP contribution in [-0.2, 0) is 7.05 Å². The Hall–Kier alpha value is -2.27. The molecule has 0 spiro atoms. The quantitative estimate of drug-likeness (QED) is 0.667. The third-order valence-corrected chi connectivity index (χ3v) is 2.79. The van der Waals surface area contributed by atoms with Crippen molar-refractivity contribution in [2.24, 2.45) is 12.1 Å². The van der Waals surface area contributed by atoms with Gasteiger partial charge < -0.3 is 9.67 Å². The maximum atomic E-state index is 11.8. The zero-order valence-electron chi connectivity index (χ0n) is 10.2. The minimum absolute atomic E-state index is 0.0801. The number of phenolic OH excluding ortho intramolecular Hbond substituents is 1. The highest BCUT2D eigenvalue weighted by Gasteiger charge is 2.10. The van der Waals surface area contributed by atoms with Gasteiger partial charge in [0, 0.05) is 18.3 Å². The van der Waals surface area contributed by atoms with Crippen LogP contribution in [0.4, 0.5) is 0 Å². The van der Waals surface area contributed by atoms with E-state index in [9.17, 15) is 9.90 Å². The van der Waals surface area contributed by atoms with E-state index in [-0.39, 0.29) is 11.3 Å². The first-order valence-corrected chi connectivity index (χ1v) is 5.89. The number of hydrogen-bond acceptors (Lipinski definition) is 3. The molecule has 5 nitrogen and oxygen atoms in total. The Balaban J connectivity index is 2.08. The summed E-state index contributed by atoms with van der Waals surface area (Å²) >= 11 is 5.76. The Morgan fingerprint density at radius 3 is 2.95 bits per heavy atom. The van der Waals surface area contributed by atoms with E-state index in [0.29, 0.717) is 5.02 Å². The van der Waals surface area contributed by atoms with Crippen LogP contribution in [0, 0.1) is 0 Å². The first-order chi connectivity index (χ1) is 9.08. The second-order valence-corrected chi connectivity index (χ2v) is 4.34. The predicted molar refractivity (Wildman–Crippen MR) is 73.6 cm³/mol. The predicted octanol–water partition coefficient (Wildman–Crippen LogP) is 2.15. The molecule has 0 unspecified atom stereocenters. The van der Waals surface area contributed by atoms with Crippen molar-refractivity contribution < 1.29 is 9.90 Å². The zero-order valence-corrected chi connectivity index (χ0v) is 10.9. The van der Waals surface area contributed by atoms with Crippen molar-refractivity contribution in [1.29, 1.82) is 0 Å². The molecule has 0 atom stereocenters. The number of amides is 1. The summed E-state index contributed by atoms with van der Waals surface area (Å²) in [6.45, 7) is 0. The molecule has 2 rings (SSSR count). The van der Waals surface area contributed by atoms with Gasteiger partial charge in [-0.2, -0.15) is 5.10 Å². The number of halogens is 1. The summed E-state index contributed by atoms with van der Waals surface area (Å²) in [5.74, 6) is -0.665. The Bertz CT molecular complexity index is 635. The van der Waals surface area contributed by atoms with Crippen LogP contribution in [0.25, 0.3) is 0 Å². The lowest BCUT2D eigenvalue weighted by atomic mass is 10.2. The first kappa shape index (κ1) is 13.2. The van der Waals surface area contributed by atoms with Crippen molar-refractivity contribution in [3.63, 3.8) is 0 Å². The molecule has 19 heavy (non-hydrogen) atoms. The van der Waals surface area contributed by atoms with E-state index in [2.05, 4.69) is 10.5 Å². The van der Waals surface area contributed by atoms with Gasteiger partial charge in [0.1, 0.15) is 5.75 Å². The SMILES string of the molecule is Cn1cccc1/C=N/NC(=O)c1cc(Cl)ccc1O. The molecule has 1 heterocycles. The number of nitrogens with one attached hydrogen (secondary N) is 1. The minimum Gasteiger partial charge on any atom is -0.507 e. The number of hydrazone groups is 1. The molecule has 1 aromatic heterocycles. The lowest BCUT2D eigenvalue weighted by Gasteiger charge is -2.03. The molecule has 2 aromatic rings. The fourth-order valence-electron chi connectivity index (χ4n) is 1.52. The third-order valence-electron chi connectivity index (χ3n) is 2.55. The number of aryl methyl sites for hydroxylation is 1. The number of benzene rings is 1. The van der Waals surface area contributed by atoms with Crippen molar-refractivity contribution in [2.45, 2.75) is 0 Å². The van der Waals surface area contributed by atoms with Crippen LogP contribution >= 0.6 is 11.6 Å². The second-order valence-electron chi connectivity index (χ2n) is 3.90. The number of carbonyl (C=O) groups is 1. The molecule has 98 valence electrons. The molecule has 6 heteroatoms. The molecule has 1 amide bonds. The summed E-state index contributed by atoms with van der Waals surface area (Å²) in [5.41, 5.74) is 3.25. The van der Waals surface area contributed by atoms with Gasteiger partial charge in [0.15, 0.2) is 0 Å². The summed E-state index contributed by atoms with van der Waals surface area (Å²) in [6.07, 6.45) is 3.38. The van der Waals surface area contributed by atoms with Crippen molar-refractivity contribution in [3.8, 4) is 5.75 Å². The maximum Gasteiger partial charge on any atom is 0.275 e. The van der Waals surface area contributed by atoms with Crippen LogP contribution in [-0.4, -0.2) is 21.8 Å². The topological polar surface area (TPSA) is 66.6 Å². The van der Waals surface area contributed by atoms with Crippen LogP contribution in [0.1, 0.15) is 16.1 Å². The average Bonchev–Trinajstić information content (AvgIpc) is 2.78. The standard InChI is InChI=1S/C13H12ClN3O2/c1-17-6-2-3-10(17)8-15-16-13(19)11-7-9(14)4-5-12(11)18/h2-8,18H,1H3,(H,16,19)/b15-8+. The van der Waals surface area contributed by atoms with Crippen LogP contribution in [0.3, 0.4) is 0 Å². The lowest BCUT2D eigenvalue weighted by Crippen LogP contribution is -2.18. The monoisotopic (exact) mass is 277 g/mol. The molecule has 2 N–H and O–H groups in total. The second kappa shape index (κ2) is 5.58. The summed E-state index contributed by atoms with van der Waals surface area (Å²) in [7, 11) is 1.87. The maximum absolute atomic E-state index is 11.8. The number of carbonyl (C=O) groups excluding carboxylic acids is 1. The summed E-state index contributed by atoms with van der Waals surface area (Å²) in [6, 6.07) is 7.96. The molecule has 1 aromatic carbocycles. The van der Waals surface area contributed by atoms with Gasteiger partial charge >= 0.3 is 0 Å². The van der Waals surface area contributed by atoms with E-state index in [1.807, 2.05) is 29.9 Å². The molecule has 0 aliphatic rings. The molecule has 0 aliphatic heterocycles. The molecular formula is C13H12ClN3O2. The van der Waals surface area contributed by atoms with Gasteiger partial charge in [-0.1, -0.05) is 11.6 Å². The largest absolute Gasteiger partial charge is 0.507 e. The highest BCUT2D eigenvalue weighted by atomic mass is 35.5. The molecule has 0 aliphatic carbocycles. The lowest BCUT2D eigenvalue weighted by molar-refractivity contribution is 0.0952. The van der Waals surface area contributed by atoms with Gasteiger partial charge in [-0.3, -0.25) is 4.79 Å². The smallest absolute Gasteiger partial charge is 0.275 e. The Morgan fingerprint density at radius 2 is 2.26 bits per heavy atom. The van der Waals surface area contributed by atoms with Gasteiger partial charge in [-0.05, 0) is 30.3 Å². The van der Waals surface area contributed by atoms with E-state index in [4.69, 9.17) is 11.6 Å². The normalized spacial score (nSPS) is 10.8. The number of aromatic hydroxyl groups is 1. The Kier molecular flexibility index (Phi) is 3.87. The summed E-state index contributed by atoms with van der Waals surface area (Å²) in [5, 5.41) is 13.7. The highest BCUT2D eigenvalue weighted by Crippen LogP contribution is 2.21. The van der Waals surface area contributed by atoms with Gasteiger partial charge in [0.05, 0.1) is 17.5 Å². The number of aromatic nitrogens is 1. The van der Waals surface area contributed by atoms with E-state index < -0.39 is 5.91 Å². The van der Waals surface area contributed by atoms with E-state index in [1.54, 1.807) is 0 Å². The third kappa shape index (κ3) is 3.14. The van der Waals surface area contributed by atoms with Crippen molar-refractivity contribution in [1.82, 2.24) is 9.99 Å². The first-order valence-electron chi connectivity index (χ1n) is 5.51. The molecule has 0 fully saturated rings. The zero-order chi connectivity index (χ0) is 13.8. The summed E-state index contributed by atoms with van der Waals surface area (Å²) in [4.78, 5) is 11.8. The van der Waals surface area contributed by atoms with Crippen LogP contribution in [0.2, 0.25) is 5.02 Å². The number of nitrogens with zero attached hydrogens (tertiary/aromatic N) is 2. The molecule has 0 saturated heterocycles. The Morgan fingerprint density at radius 1 is 1.47 bits per heavy atom.